The van der Waals surface area contributed by atoms with Gasteiger partial charge in [0.25, 0.3) is 0 Å². The monoisotopic (exact) mass is 465 g/mol. The Labute approximate surface area is 201 Å². The Morgan fingerprint density at radius 2 is 1.64 bits per heavy atom. The van der Waals surface area contributed by atoms with Gasteiger partial charge in [0.1, 0.15) is 0 Å². The quantitative estimate of drug-likeness (QED) is 0.678. The zero-order chi connectivity index (χ0) is 22.8. The van der Waals surface area contributed by atoms with E-state index in [4.69, 9.17) is 0 Å². The zero-order valence-corrected chi connectivity index (χ0v) is 20.5. The Morgan fingerprint density at radius 3 is 2.39 bits per heavy atom. The van der Waals surface area contributed by atoms with E-state index in [-0.39, 0.29) is 17.9 Å². The number of aryl methyl sites for hydroxylation is 1. The number of fused-ring (bicyclic) bond motifs is 1. The summed E-state index contributed by atoms with van der Waals surface area (Å²) in [5.74, 6) is 0.725. The lowest BCUT2D eigenvalue weighted by Gasteiger charge is -2.40. The number of thiophene rings is 1. The lowest BCUT2D eigenvalue weighted by Crippen LogP contribution is -2.54. The van der Waals surface area contributed by atoms with Crippen LogP contribution in [0.25, 0.3) is 0 Å². The minimum atomic E-state index is 0.138. The number of carbonyl (C=O) groups excluding carboxylic acids is 2. The molecule has 0 radical (unpaired) electrons. The second-order valence-corrected chi connectivity index (χ2v) is 10.8. The second-order valence-electron chi connectivity index (χ2n) is 9.82. The van der Waals surface area contributed by atoms with E-state index in [2.05, 4.69) is 47.5 Å². The molecule has 1 aromatic heterocycles. The molecule has 0 bridgehead atoms. The average molecular weight is 466 g/mol. The summed E-state index contributed by atoms with van der Waals surface area (Å²) in [6, 6.07) is 10.9. The number of carbonyl (C=O) groups is 2. The highest BCUT2D eigenvalue weighted by Gasteiger charge is 2.34. The molecule has 5 rings (SSSR count). The molecule has 2 amide bonds. The molecule has 2 fully saturated rings. The van der Waals surface area contributed by atoms with Crippen LogP contribution in [0.15, 0.2) is 35.7 Å². The fourth-order valence-electron chi connectivity index (χ4n) is 5.85. The summed E-state index contributed by atoms with van der Waals surface area (Å²) in [5, 5.41) is 2.18. The molecule has 3 heterocycles. The van der Waals surface area contributed by atoms with Crippen LogP contribution in [-0.2, 0) is 16.0 Å². The molecule has 6 heteroatoms. The molecule has 1 aromatic carbocycles. The van der Waals surface area contributed by atoms with E-state index in [1.807, 2.05) is 21.1 Å². The Kier molecular flexibility index (Phi) is 6.84. The van der Waals surface area contributed by atoms with Crippen molar-refractivity contribution in [2.75, 3.05) is 39.3 Å². The van der Waals surface area contributed by atoms with E-state index < -0.39 is 0 Å². The standard InChI is InChI=1S/C27H35N3O2S/c1-20-7-5-6-10-22(20)26-23-12-18-33-24(23)11-13-30(26)19-25(31)28-14-16-29(17-15-28)27(32)21-8-3-2-4-9-21/h5-7,10,12,18,21,26H,2-4,8-9,11,13-17,19H2,1H3/t26-/m1/s1. The number of nitrogens with zero attached hydrogens (tertiary/aromatic N) is 3. The first-order valence-corrected chi connectivity index (χ1v) is 13.4. The average Bonchev–Trinajstić information content (AvgIpc) is 3.34. The molecule has 33 heavy (non-hydrogen) atoms. The van der Waals surface area contributed by atoms with Crippen molar-refractivity contribution in [3.8, 4) is 0 Å². The van der Waals surface area contributed by atoms with E-state index in [1.54, 1.807) is 0 Å². The third kappa shape index (κ3) is 4.73. The van der Waals surface area contributed by atoms with Gasteiger partial charge in [-0.05, 0) is 54.3 Å². The smallest absolute Gasteiger partial charge is 0.236 e. The number of rotatable bonds is 4. The predicted molar refractivity (Wildman–Crippen MR) is 132 cm³/mol. The van der Waals surface area contributed by atoms with Crippen LogP contribution in [0.5, 0.6) is 0 Å². The fraction of sp³-hybridized carbons (Fsp3) is 0.556. The highest BCUT2D eigenvalue weighted by Crippen LogP contribution is 2.38. The van der Waals surface area contributed by atoms with Crippen LogP contribution >= 0.6 is 11.3 Å². The molecule has 0 unspecified atom stereocenters. The molecule has 0 spiro atoms. The van der Waals surface area contributed by atoms with Gasteiger partial charge < -0.3 is 9.80 Å². The highest BCUT2D eigenvalue weighted by molar-refractivity contribution is 7.10. The topological polar surface area (TPSA) is 43.9 Å². The van der Waals surface area contributed by atoms with Crippen molar-refractivity contribution in [3.05, 3.63) is 57.3 Å². The van der Waals surface area contributed by atoms with Crippen molar-refractivity contribution >= 4 is 23.2 Å². The van der Waals surface area contributed by atoms with Crippen molar-refractivity contribution in [2.24, 2.45) is 5.92 Å². The van der Waals surface area contributed by atoms with Crippen LogP contribution < -0.4 is 0 Å². The Morgan fingerprint density at radius 1 is 0.909 bits per heavy atom. The number of piperazine rings is 1. The van der Waals surface area contributed by atoms with Gasteiger partial charge in [0.05, 0.1) is 12.6 Å². The fourth-order valence-corrected chi connectivity index (χ4v) is 6.76. The highest BCUT2D eigenvalue weighted by atomic mass is 32.1. The predicted octanol–water partition coefficient (Wildman–Crippen LogP) is 4.26. The summed E-state index contributed by atoms with van der Waals surface area (Å²) >= 11 is 1.83. The van der Waals surface area contributed by atoms with Crippen LogP contribution in [0.1, 0.15) is 59.7 Å². The van der Waals surface area contributed by atoms with Gasteiger partial charge in [0.15, 0.2) is 0 Å². The van der Waals surface area contributed by atoms with Gasteiger partial charge in [-0.2, -0.15) is 0 Å². The lowest BCUT2D eigenvalue weighted by atomic mass is 9.88. The maximum absolute atomic E-state index is 13.3. The van der Waals surface area contributed by atoms with Gasteiger partial charge in [-0.25, -0.2) is 0 Å². The molecule has 5 nitrogen and oxygen atoms in total. The Balaban J connectivity index is 1.24. The van der Waals surface area contributed by atoms with Crippen LogP contribution in [0.3, 0.4) is 0 Å². The van der Waals surface area contributed by atoms with Crippen molar-refractivity contribution in [2.45, 2.75) is 51.5 Å². The van der Waals surface area contributed by atoms with E-state index in [9.17, 15) is 9.59 Å². The molecular weight excluding hydrogens is 430 g/mol. The molecule has 1 atom stereocenters. The van der Waals surface area contributed by atoms with Gasteiger partial charge in [0, 0.05) is 43.5 Å². The molecule has 2 aromatic rings. The zero-order valence-electron chi connectivity index (χ0n) is 19.7. The third-order valence-corrected chi connectivity index (χ3v) is 8.78. The number of hydrogen-bond donors (Lipinski definition) is 0. The van der Waals surface area contributed by atoms with E-state index in [1.165, 1.54) is 40.8 Å². The lowest BCUT2D eigenvalue weighted by molar-refractivity contribution is -0.143. The van der Waals surface area contributed by atoms with Crippen LogP contribution in [-0.4, -0.2) is 65.8 Å². The number of benzene rings is 1. The molecular formula is C27H35N3O2S. The van der Waals surface area contributed by atoms with Crippen molar-refractivity contribution in [3.63, 3.8) is 0 Å². The molecule has 2 aliphatic heterocycles. The SMILES string of the molecule is Cc1ccccc1[C@@H]1c2ccsc2CCN1CC(=O)N1CCN(C(=O)C2CCCCC2)CC1. The largest absolute Gasteiger partial charge is 0.339 e. The van der Waals surface area contributed by atoms with E-state index in [0.29, 0.717) is 38.6 Å². The molecule has 0 N–H and O–H groups in total. The molecule has 1 aliphatic carbocycles. The van der Waals surface area contributed by atoms with Crippen molar-refractivity contribution in [1.82, 2.24) is 14.7 Å². The Hall–Kier alpha value is -2.18. The first-order valence-electron chi connectivity index (χ1n) is 12.5. The van der Waals surface area contributed by atoms with Gasteiger partial charge in [-0.1, -0.05) is 43.5 Å². The van der Waals surface area contributed by atoms with Crippen LogP contribution in [0.2, 0.25) is 0 Å². The molecule has 176 valence electrons. The summed E-state index contributed by atoms with van der Waals surface area (Å²) in [7, 11) is 0. The summed E-state index contributed by atoms with van der Waals surface area (Å²) in [6.45, 7) is 6.17. The number of hydrogen-bond acceptors (Lipinski definition) is 4. The van der Waals surface area contributed by atoms with Gasteiger partial charge >= 0.3 is 0 Å². The maximum atomic E-state index is 13.3. The minimum Gasteiger partial charge on any atom is -0.339 e. The van der Waals surface area contributed by atoms with Gasteiger partial charge in [0.2, 0.25) is 11.8 Å². The van der Waals surface area contributed by atoms with Crippen LogP contribution in [0.4, 0.5) is 0 Å². The summed E-state index contributed by atoms with van der Waals surface area (Å²) in [6.07, 6.45) is 6.71. The second kappa shape index (κ2) is 9.98. The van der Waals surface area contributed by atoms with Crippen molar-refractivity contribution in [1.29, 1.82) is 0 Å². The van der Waals surface area contributed by atoms with E-state index >= 15 is 0 Å². The summed E-state index contributed by atoms with van der Waals surface area (Å²) in [5.41, 5.74) is 3.93. The van der Waals surface area contributed by atoms with E-state index in [0.717, 1.165) is 25.8 Å². The summed E-state index contributed by atoms with van der Waals surface area (Å²) < 4.78 is 0. The molecule has 3 aliphatic rings. The minimum absolute atomic E-state index is 0.138. The molecule has 1 saturated heterocycles. The third-order valence-electron chi connectivity index (χ3n) is 7.79. The number of amides is 2. The summed E-state index contributed by atoms with van der Waals surface area (Å²) in [4.78, 5) is 34.0. The van der Waals surface area contributed by atoms with Crippen molar-refractivity contribution < 1.29 is 9.59 Å². The van der Waals surface area contributed by atoms with Gasteiger partial charge in [-0.3, -0.25) is 14.5 Å². The first kappa shape index (κ1) is 22.6. The maximum Gasteiger partial charge on any atom is 0.236 e. The van der Waals surface area contributed by atoms with Gasteiger partial charge in [-0.15, -0.1) is 11.3 Å². The normalized spacial score (nSPS) is 22.3. The van der Waals surface area contributed by atoms with Crippen LogP contribution in [0, 0.1) is 12.8 Å². The first-order chi connectivity index (χ1) is 16.1. The Bertz CT molecular complexity index is 989. The molecule has 1 saturated carbocycles.